The number of nitrogens with one attached hydrogen (secondary N) is 2. The molecule has 0 spiro atoms. The molecule has 7 rings (SSSR count). The van der Waals surface area contributed by atoms with E-state index >= 15 is 0 Å². The van der Waals surface area contributed by atoms with Crippen LogP contribution in [0.15, 0.2) is 108 Å². The molecule has 0 saturated heterocycles. The van der Waals surface area contributed by atoms with Crippen LogP contribution < -0.4 is 15.6 Å². The van der Waals surface area contributed by atoms with E-state index in [-0.39, 0.29) is 5.56 Å². The normalized spacial score (nSPS) is 11.2. The molecule has 0 aliphatic heterocycles. The molecular weight excluding hydrogens is 504 g/mol. The molecule has 0 amide bonds. The van der Waals surface area contributed by atoms with Crippen LogP contribution in [0.1, 0.15) is 0 Å². The number of ether oxygens (including phenoxy) is 1. The molecule has 0 fully saturated rings. The fourth-order valence-electron chi connectivity index (χ4n) is 4.79. The number of methoxy groups -OCH3 is 1. The maximum absolute atomic E-state index is 14.3. The van der Waals surface area contributed by atoms with Gasteiger partial charge in [-0.3, -0.25) is 4.79 Å². The lowest BCUT2D eigenvalue weighted by atomic mass is 10.0. The molecule has 3 aromatic carbocycles. The number of benzene rings is 3. The van der Waals surface area contributed by atoms with Crippen molar-refractivity contribution in [2.75, 3.05) is 12.4 Å². The lowest BCUT2D eigenvalue weighted by Gasteiger charge is -2.13. The molecule has 0 unspecified atom stereocenters. The summed E-state index contributed by atoms with van der Waals surface area (Å²) in [5.41, 5.74) is 5.31. The summed E-state index contributed by atoms with van der Waals surface area (Å²) >= 11 is 0. The highest BCUT2D eigenvalue weighted by Gasteiger charge is 2.23. The van der Waals surface area contributed by atoms with E-state index in [1.807, 2.05) is 84.9 Å². The molecule has 0 atom stereocenters. The van der Waals surface area contributed by atoms with Gasteiger partial charge in [-0.15, -0.1) is 0 Å². The van der Waals surface area contributed by atoms with Crippen molar-refractivity contribution >= 4 is 22.9 Å². The predicted octanol–water partition coefficient (Wildman–Crippen LogP) is 5.21. The van der Waals surface area contributed by atoms with E-state index in [2.05, 4.69) is 25.4 Å². The first kappa shape index (κ1) is 23.4. The van der Waals surface area contributed by atoms with Crippen LogP contribution >= 0.6 is 0 Å². The van der Waals surface area contributed by atoms with Gasteiger partial charge in [-0.05, 0) is 23.3 Å². The number of rotatable bonds is 6. The minimum absolute atomic E-state index is 0.288. The van der Waals surface area contributed by atoms with Crippen molar-refractivity contribution in [3.63, 3.8) is 0 Å². The van der Waals surface area contributed by atoms with Crippen LogP contribution in [-0.4, -0.2) is 41.3 Å². The van der Waals surface area contributed by atoms with Gasteiger partial charge in [-0.1, -0.05) is 72.8 Å². The minimum Gasteiger partial charge on any atom is -0.497 e. The Hall–Kier alpha value is -5.77. The third-order valence-corrected chi connectivity index (χ3v) is 6.70. The second kappa shape index (κ2) is 9.52. The number of hydrogen-bond acceptors (Lipinski definition) is 7. The molecule has 4 heterocycles. The van der Waals surface area contributed by atoms with Crippen molar-refractivity contribution < 1.29 is 4.74 Å². The zero-order valence-corrected chi connectivity index (χ0v) is 21.3. The summed E-state index contributed by atoms with van der Waals surface area (Å²) in [7, 11) is 1.60. The van der Waals surface area contributed by atoms with Gasteiger partial charge in [0, 0.05) is 11.6 Å². The van der Waals surface area contributed by atoms with Gasteiger partial charge in [-0.25, -0.2) is 14.5 Å². The van der Waals surface area contributed by atoms with E-state index in [9.17, 15) is 4.79 Å². The summed E-state index contributed by atoms with van der Waals surface area (Å²) in [6.45, 7) is 0. The summed E-state index contributed by atoms with van der Waals surface area (Å²) in [4.78, 5) is 26.5. The van der Waals surface area contributed by atoms with Crippen LogP contribution in [0, 0.1) is 0 Å². The Morgan fingerprint density at radius 3 is 2.25 bits per heavy atom. The number of fused-ring (bicyclic) bond motifs is 2. The molecule has 0 saturated carbocycles. The van der Waals surface area contributed by atoms with E-state index in [0.717, 1.165) is 16.7 Å². The Balaban J connectivity index is 1.52. The molecule has 0 radical (unpaired) electrons. The van der Waals surface area contributed by atoms with Crippen LogP contribution in [0.5, 0.6) is 5.75 Å². The predicted molar refractivity (Wildman–Crippen MR) is 153 cm³/mol. The summed E-state index contributed by atoms with van der Waals surface area (Å²) < 4.78 is 8.34. The Labute approximate surface area is 227 Å². The number of nitrogens with zero attached hydrogens (tertiary/aromatic N) is 6. The van der Waals surface area contributed by atoms with Gasteiger partial charge in [0.05, 0.1) is 18.2 Å². The fourth-order valence-corrected chi connectivity index (χ4v) is 4.79. The highest BCUT2D eigenvalue weighted by atomic mass is 16.5. The Morgan fingerprint density at radius 1 is 0.825 bits per heavy atom. The Morgan fingerprint density at radius 2 is 1.52 bits per heavy atom. The smallest absolute Gasteiger partial charge is 0.284 e. The van der Waals surface area contributed by atoms with Crippen molar-refractivity contribution in [2.24, 2.45) is 0 Å². The molecule has 4 aromatic heterocycles. The molecule has 7 aromatic rings. The van der Waals surface area contributed by atoms with E-state index in [4.69, 9.17) is 9.84 Å². The quantitative estimate of drug-likeness (QED) is 0.306. The molecule has 0 bridgehead atoms. The minimum atomic E-state index is -0.288. The zero-order chi connectivity index (χ0) is 27.1. The Bertz CT molecular complexity index is 2030. The van der Waals surface area contributed by atoms with E-state index in [1.165, 1.54) is 10.8 Å². The monoisotopic (exact) mass is 526 g/mol. The number of hydrogen-bond donors (Lipinski definition) is 2. The lowest BCUT2D eigenvalue weighted by Crippen LogP contribution is -2.20. The van der Waals surface area contributed by atoms with Crippen molar-refractivity contribution in [1.29, 1.82) is 0 Å². The summed E-state index contributed by atoms with van der Waals surface area (Å²) in [6.07, 6.45) is 3.02. The second-order valence-electron chi connectivity index (χ2n) is 9.09. The van der Waals surface area contributed by atoms with Crippen LogP contribution in [-0.2, 0) is 0 Å². The highest BCUT2D eigenvalue weighted by molar-refractivity contribution is 5.92. The SMILES string of the molecule is COc1ccc(-c2c(Nc3cc4ncnn4cn3)[nH]c3c(-c4ccccc4)c(-c4ccccc4)nn3c2=O)cc1. The van der Waals surface area contributed by atoms with Gasteiger partial charge in [0.25, 0.3) is 5.56 Å². The topological polar surface area (TPSA) is 114 Å². The maximum Gasteiger partial charge on any atom is 0.284 e. The van der Waals surface area contributed by atoms with Crippen molar-refractivity contribution in [1.82, 2.24) is 34.2 Å². The summed E-state index contributed by atoms with van der Waals surface area (Å²) in [6, 6.07) is 28.8. The summed E-state index contributed by atoms with van der Waals surface area (Å²) in [5.74, 6) is 1.65. The average molecular weight is 527 g/mol. The molecule has 10 heteroatoms. The number of anilines is 2. The first-order chi connectivity index (χ1) is 19.7. The molecule has 10 nitrogen and oxygen atoms in total. The average Bonchev–Trinajstić information content (AvgIpc) is 3.63. The van der Waals surface area contributed by atoms with Gasteiger partial charge >= 0.3 is 0 Å². The maximum atomic E-state index is 14.3. The van der Waals surface area contributed by atoms with Crippen molar-refractivity contribution in [2.45, 2.75) is 0 Å². The first-order valence-electron chi connectivity index (χ1n) is 12.6. The fraction of sp³-hybridized carbons (Fsp3) is 0.0333. The molecular formula is C30H22N8O2. The Kier molecular flexibility index (Phi) is 5.56. The van der Waals surface area contributed by atoms with Crippen LogP contribution in [0.4, 0.5) is 11.6 Å². The second-order valence-corrected chi connectivity index (χ2v) is 9.09. The van der Waals surface area contributed by atoms with Gasteiger partial charge in [0.1, 0.15) is 41.4 Å². The molecule has 0 aliphatic carbocycles. The van der Waals surface area contributed by atoms with E-state index < -0.39 is 0 Å². The third-order valence-electron chi connectivity index (χ3n) is 6.70. The van der Waals surface area contributed by atoms with Crippen molar-refractivity contribution in [3.8, 4) is 39.3 Å². The molecule has 2 N–H and O–H groups in total. The van der Waals surface area contributed by atoms with Gasteiger partial charge in [0.2, 0.25) is 0 Å². The first-order valence-corrected chi connectivity index (χ1v) is 12.6. The third kappa shape index (κ3) is 3.95. The van der Waals surface area contributed by atoms with E-state index in [1.54, 1.807) is 24.0 Å². The van der Waals surface area contributed by atoms with Gasteiger partial charge < -0.3 is 15.0 Å². The highest BCUT2D eigenvalue weighted by Crippen LogP contribution is 2.36. The number of aromatic amines is 1. The number of H-pyrrole nitrogens is 1. The van der Waals surface area contributed by atoms with Crippen molar-refractivity contribution in [3.05, 3.63) is 114 Å². The lowest BCUT2D eigenvalue weighted by molar-refractivity contribution is 0.415. The number of aromatic nitrogens is 7. The van der Waals surface area contributed by atoms with Crippen LogP contribution in [0.25, 0.3) is 44.8 Å². The standard InChI is InChI=1S/C30H22N8O2/c1-40-22-14-12-20(13-15-22)26-28(34-23-16-24-31-17-33-37(24)18-32-23)35-29-25(19-8-4-2-5-9-19)27(36-38(29)30(26)39)21-10-6-3-7-11-21/h2-18,34-35H,1H3. The zero-order valence-electron chi connectivity index (χ0n) is 21.3. The van der Waals surface area contributed by atoms with Crippen LogP contribution in [0.3, 0.4) is 0 Å². The molecule has 194 valence electrons. The largest absolute Gasteiger partial charge is 0.497 e. The van der Waals surface area contributed by atoms with Gasteiger partial charge in [-0.2, -0.15) is 14.7 Å². The van der Waals surface area contributed by atoms with Crippen LogP contribution in [0.2, 0.25) is 0 Å². The summed E-state index contributed by atoms with van der Waals surface area (Å²) in [5, 5.41) is 12.3. The van der Waals surface area contributed by atoms with Gasteiger partial charge in [0.15, 0.2) is 5.65 Å². The molecule has 0 aliphatic rings. The molecule has 40 heavy (non-hydrogen) atoms. The van der Waals surface area contributed by atoms with E-state index in [0.29, 0.717) is 45.5 Å².